The summed E-state index contributed by atoms with van der Waals surface area (Å²) in [5, 5.41) is 3.65. The first-order chi connectivity index (χ1) is 10.0. The van der Waals surface area contributed by atoms with E-state index in [1.807, 2.05) is 12.1 Å². The molecule has 0 heterocycles. The van der Waals surface area contributed by atoms with Gasteiger partial charge in [0.25, 0.3) is 0 Å². The highest BCUT2D eigenvalue weighted by Gasteiger charge is 2.13. The Labute approximate surface area is 127 Å². The minimum atomic E-state index is -0.575. The van der Waals surface area contributed by atoms with Crippen LogP contribution in [0.3, 0.4) is 0 Å². The maximum absolute atomic E-state index is 13.3. The minimum absolute atomic E-state index is 0.0997. The number of benzene rings is 2. The Hall–Kier alpha value is -1.65. The van der Waals surface area contributed by atoms with Crippen molar-refractivity contribution in [2.45, 2.75) is 12.5 Å². The predicted molar refractivity (Wildman–Crippen MR) is 79.9 cm³/mol. The highest BCUT2D eigenvalue weighted by atomic mass is 35.5. The van der Waals surface area contributed by atoms with Crippen LogP contribution in [0.2, 0.25) is 5.02 Å². The lowest BCUT2D eigenvalue weighted by atomic mass is 9.98. The van der Waals surface area contributed by atoms with Gasteiger partial charge < -0.3 is 10.1 Å². The molecule has 2 rings (SSSR count). The molecule has 2 aromatic carbocycles. The van der Waals surface area contributed by atoms with Gasteiger partial charge in [-0.25, -0.2) is 8.78 Å². The zero-order valence-electron chi connectivity index (χ0n) is 11.8. The van der Waals surface area contributed by atoms with Crippen LogP contribution in [0.1, 0.15) is 17.2 Å². The van der Waals surface area contributed by atoms with Gasteiger partial charge >= 0.3 is 0 Å². The number of hydrogen-bond donors (Lipinski definition) is 1. The first-order valence-corrected chi connectivity index (χ1v) is 6.87. The molecular weight excluding hydrogens is 296 g/mol. The first kappa shape index (κ1) is 15.7. The quantitative estimate of drug-likeness (QED) is 0.896. The van der Waals surface area contributed by atoms with E-state index in [1.54, 1.807) is 20.2 Å². The van der Waals surface area contributed by atoms with Gasteiger partial charge in [0.15, 0.2) is 0 Å². The molecule has 2 aromatic rings. The van der Waals surface area contributed by atoms with Crippen LogP contribution in [0.4, 0.5) is 8.78 Å². The number of nitrogens with one attached hydrogen (secondary N) is 1. The normalized spacial score (nSPS) is 12.2. The predicted octanol–water partition coefficient (Wildman–Crippen LogP) is 4.13. The molecule has 0 aliphatic carbocycles. The van der Waals surface area contributed by atoms with E-state index in [1.165, 1.54) is 12.1 Å². The fourth-order valence-electron chi connectivity index (χ4n) is 2.24. The summed E-state index contributed by atoms with van der Waals surface area (Å²) in [6.07, 6.45) is 0.454. The molecule has 0 aromatic heterocycles. The van der Waals surface area contributed by atoms with E-state index in [0.717, 1.165) is 11.6 Å². The Morgan fingerprint density at radius 2 is 1.81 bits per heavy atom. The summed E-state index contributed by atoms with van der Waals surface area (Å²) < 4.78 is 31.7. The van der Waals surface area contributed by atoms with Crippen molar-refractivity contribution in [1.29, 1.82) is 0 Å². The van der Waals surface area contributed by atoms with Crippen LogP contribution in [-0.4, -0.2) is 14.2 Å². The zero-order valence-corrected chi connectivity index (χ0v) is 12.5. The summed E-state index contributed by atoms with van der Waals surface area (Å²) in [5.74, 6) is -0.582. The second kappa shape index (κ2) is 6.87. The van der Waals surface area contributed by atoms with E-state index in [0.29, 0.717) is 22.8 Å². The molecule has 1 atom stereocenters. The van der Waals surface area contributed by atoms with E-state index in [2.05, 4.69) is 5.32 Å². The second-order valence-corrected chi connectivity index (χ2v) is 5.12. The van der Waals surface area contributed by atoms with Crippen LogP contribution < -0.4 is 10.1 Å². The maximum Gasteiger partial charge on any atom is 0.137 e. The van der Waals surface area contributed by atoms with Crippen LogP contribution in [0.5, 0.6) is 5.75 Å². The molecular formula is C16H16ClF2NO. The lowest BCUT2D eigenvalue weighted by Crippen LogP contribution is -2.19. The van der Waals surface area contributed by atoms with Gasteiger partial charge in [-0.1, -0.05) is 17.7 Å². The first-order valence-electron chi connectivity index (χ1n) is 6.49. The molecule has 0 spiro atoms. The fourth-order valence-corrected chi connectivity index (χ4v) is 2.44. The largest absolute Gasteiger partial charge is 0.495 e. The summed E-state index contributed by atoms with van der Waals surface area (Å²) >= 11 is 6.00. The highest BCUT2D eigenvalue weighted by Crippen LogP contribution is 2.29. The van der Waals surface area contributed by atoms with Crippen molar-refractivity contribution < 1.29 is 13.5 Å². The number of likely N-dealkylation sites (N-methyl/N-ethyl adjacent to an activating group) is 1. The van der Waals surface area contributed by atoms with E-state index in [9.17, 15) is 8.78 Å². The third-order valence-corrected chi connectivity index (χ3v) is 3.60. The summed E-state index contributed by atoms with van der Waals surface area (Å²) in [6, 6.07) is 8.86. The molecule has 0 saturated carbocycles. The van der Waals surface area contributed by atoms with Crippen molar-refractivity contribution in [3.63, 3.8) is 0 Å². The van der Waals surface area contributed by atoms with Crippen LogP contribution >= 0.6 is 11.6 Å². The molecule has 5 heteroatoms. The Morgan fingerprint density at radius 1 is 1.14 bits per heavy atom. The highest BCUT2D eigenvalue weighted by molar-refractivity contribution is 6.32. The summed E-state index contributed by atoms with van der Waals surface area (Å²) in [5.41, 5.74) is 1.52. The number of rotatable bonds is 5. The number of hydrogen-bond acceptors (Lipinski definition) is 2. The molecule has 0 aliphatic rings. The molecule has 0 saturated heterocycles. The Balaban J connectivity index is 2.27. The third-order valence-electron chi connectivity index (χ3n) is 3.29. The van der Waals surface area contributed by atoms with Crippen molar-refractivity contribution >= 4 is 11.6 Å². The van der Waals surface area contributed by atoms with Gasteiger partial charge in [-0.3, -0.25) is 0 Å². The Kier molecular flexibility index (Phi) is 5.15. The maximum atomic E-state index is 13.3. The van der Waals surface area contributed by atoms with Crippen LogP contribution in [0.25, 0.3) is 0 Å². The Morgan fingerprint density at radius 3 is 2.38 bits per heavy atom. The molecule has 1 N–H and O–H groups in total. The topological polar surface area (TPSA) is 21.3 Å². The van der Waals surface area contributed by atoms with Crippen LogP contribution in [-0.2, 0) is 6.42 Å². The van der Waals surface area contributed by atoms with E-state index in [4.69, 9.17) is 16.3 Å². The zero-order chi connectivity index (χ0) is 15.4. The average Bonchev–Trinajstić information content (AvgIpc) is 2.44. The van der Waals surface area contributed by atoms with Gasteiger partial charge in [-0.15, -0.1) is 0 Å². The van der Waals surface area contributed by atoms with Crippen molar-refractivity contribution in [3.05, 3.63) is 64.2 Å². The number of ether oxygens (including phenoxy) is 1. The molecule has 0 aliphatic heterocycles. The standard InChI is InChI=1S/C16H16ClF2NO/c1-20-15(7-10-5-12(18)9-13(19)6-10)11-3-4-14(17)16(8-11)21-2/h3-6,8-9,15,20H,7H2,1-2H3. The molecule has 1 unspecified atom stereocenters. The third kappa shape index (κ3) is 3.93. The van der Waals surface area contributed by atoms with E-state index in [-0.39, 0.29) is 6.04 Å². The lowest BCUT2D eigenvalue weighted by molar-refractivity contribution is 0.413. The number of halogens is 3. The van der Waals surface area contributed by atoms with Crippen LogP contribution in [0.15, 0.2) is 36.4 Å². The molecule has 112 valence electrons. The smallest absolute Gasteiger partial charge is 0.137 e. The SMILES string of the molecule is CNC(Cc1cc(F)cc(F)c1)c1ccc(Cl)c(OC)c1. The van der Waals surface area contributed by atoms with Crippen molar-refractivity contribution in [2.24, 2.45) is 0 Å². The molecule has 0 radical (unpaired) electrons. The summed E-state index contributed by atoms with van der Waals surface area (Å²) in [7, 11) is 3.34. The van der Waals surface area contributed by atoms with Crippen molar-refractivity contribution in [3.8, 4) is 5.75 Å². The van der Waals surface area contributed by atoms with Gasteiger partial charge in [0.05, 0.1) is 12.1 Å². The van der Waals surface area contributed by atoms with Gasteiger partial charge in [-0.05, 0) is 48.9 Å². The second-order valence-electron chi connectivity index (χ2n) is 4.72. The summed E-state index contributed by atoms with van der Waals surface area (Å²) in [6.45, 7) is 0. The van der Waals surface area contributed by atoms with Crippen LogP contribution in [0, 0.1) is 11.6 Å². The van der Waals surface area contributed by atoms with Gasteiger partial charge in [-0.2, -0.15) is 0 Å². The monoisotopic (exact) mass is 311 g/mol. The Bertz CT molecular complexity index is 613. The number of methoxy groups -OCH3 is 1. The summed E-state index contributed by atoms with van der Waals surface area (Å²) in [4.78, 5) is 0. The molecule has 2 nitrogen and oxygen atoms in total. The molecule has 0 bridgehead atoms. The molecule has 0 fully saturated rings. The fraction of sp³-hybridized carbons (Fsp3) is 0.250. The van der Waals surface area contributed by atoms with Gasteiger partial charge in [0.2, 0.25) is 0 Å². The molecule has 21 heavy (non-hydrogen) atoms. The van der Waals surface area contributed by atoms with Crippen molar-refractivity contribution in [1.82, 2.24) is 5.32 Å². The minimum Gasteiger partial charge on any atom is -0.495 e. The van der Waals surface area contributed by atoms with E-state index >= 15 is 0 Å². The van der Waals surface area contributed by atoms with Crippen molar-refractivity contribution in [2.75, 3.05) is 14.2 Å². The van der Waals surface area contributed by atoms with E-state index < -0.39 is 11.6 Å². The van der Waals surface area contributed by atoms with Gasteiger partial charge in [0, 0.05) is 12.1 Å². The molecule has 0 amide bonds. The lowest BCUT2D eigenvalue weighted by Gasteiger charge is -2.18. The average molecular weight is 312 g/mol. The van der Waals surface area contributed by atoms with Gasteiger partial charge in [0.1, 0.15) is 17.4 Å².